The Morgan fingerprint density at radius 1 is 0.967 bits per heavy atom. The number of rotatable bonds is 3. The molecule has 0 saturated carbocycles. The van der Waals surface area contributed by atoms with Gasteiger partial charge in [-0.05, 0) is 47.9 Å². The van der Waals surface area contributed by atoms with E-state index in [2.05, 4.69) is 16.3 Å². The standard InChI is InChI=1S/C22H23N3O4.ClH/c26-21-6-3-16-12-17(2-4-18(16)23-21)22(27)25-9-7-24(8-10-25)13-15-1-5-19-20(11-15)29-14-28-19;/h1-2,4-5,11-12H,3,6-10,13-14H2,(H,23,26);1H. The number of aryl methyl sites for hydroxylation is 1. The Bertz CT molecular complexity index is 973. The number of halogens is 1. The first-order valence-electron chi connectivity index (χ1n) is 9.99. The summed E-state index contributed by atoms with van der Waals surface area (Å²) in [6.45, 7) is 4.20. The van der Waals surface area contributed by atoms with Crippen LogP contribution in [-0.2, 0) is 17.8 Å². The summed E-state index contributed by atoms with van der Waals surface area (Å²) >= 11 is 0. The van der Waals surface area contributed by atoms with Gasteiger partial charge in [-0.1, -0.05) is 6.07 Å². The van der Waals surface area contributed by atoms with Crippen LogP contribution in [0.25, 0.3) is 0 Å². The number of carbonyl (C=O) groups excluding carboxylic acids is 2. The first-order valence-corrected chi connectivity index (χ1v) is 9.99. The summed E-state index contributed by atoms with van der Waals surface area (Å²) < 4.78 is 10.8. The Morgan fingerprint density at radius 3 is 2.60 bits per heavy atom. The van der Waals surface area contributed by atoms with E-state index in [1.165, 1.54) is 5.56 Å². The zero-order valence-corrected chi connectivity index (χ0v) is 17.4. The average Bonchev–Trinajstić information content (AvgIpc) is 3.21. The molecule has 7 nitrogen and oxygen atoms in total. The van der Waals surface area contributed by atoms with Gasteiger partial charge in [-0.25, -0.2) is 0 Å². The third-order valence-corrected chi connectivity index (χ3v) is 5.75. The molecule has 0 atom stereocenters. The Labute approximate surface area is 181 Å². The summed E-state index contributed by atoms with van der Waals surface area (Å²) in [6.07, 6.45) is 1.16. The van der Waals surface area contributed by atoms with E-state index in [9.17, 15) is 9.59 Å². The van der Waals surface area contributed by atoms with Gasteiger partial charge in [0.1, 0.15) is 0 Å². The van der Waals surface area contributed by atoms with E-state index in [1.807, 2.05) is 35.2 Å². The molecule has 158 valence electrons. The lowest BCUT2D eigenvalue weighted by molar-refractivity contribution is -0.116. The van der Waals surface area contributed by atoms with Crippen LogP contribution in [0.1, 0.15) is 27.9 Å². The van der Waals surface area contributed by atoms with Crippen molar-refractivity contribution in [1.82, 2.24) is 9.80 Å². The van der Waals surface area contributed by atoms with Gasteiger partial charge < -0.3 is 19.7 Å². The van der Waals surface area contributed by atoms with E-state index in [0.717, 1.165) is 42.4 Å². The summed E-state index contributed by atoms with van der Waals surface area (Å²) in [7, 11) is 0. The number of benzene rings is 2. The molecule has 1 fully saturated rings. The maximum Gasteiger partial charge on any atom is 0.253 e. The highest BCUT2D eigenvalue weighted by Gasteiger charge is 2.24. The molecule has 3 aliphatic rings. The lowest BCUT2D eigenvalue weighted by Gasteiger charge is -2.35. The van der Waals surface area contributed by atoms with Gasteiger partial charge in [-0.2, -0.15) is 0 Å². The predicted molar refractivity (Wildman–Crippen MR) is 114 cm³/mol. The molecule has 2 aromatic carbocycles. The maximum absolute atomic E-state index is 12.9. The van der Waals surface area contributed by atoms with Crippen LogP contribution in [0.2, 0.25) is 0 Å². The van der Waals surface area contributed by atoms with E-state index in [-0.39, 0.29) is 31.0 Å². The molecule has 1 N–H and O–H groups in total. The third-order valence-electron chi connectivity index (χ3n) is 5.75. The van der Waals surface area contributed by atoms with Crippen LogP contribution in [0.15, 0.2) is 36.4 Å². The van der Waals surface area contributed by atoms with Crippen molar-refractivity contribution in [2.24, 2.45) is 0 Å². The fraction of sp³-hybridized carbons (Fsp3) is 0.364. The molecule has 3 heterocycles. The number of hydrogen-bond donors (Lipinski definition) is 1. The molecule has 30 heavy (non-hydrogen) atoms. The first-order chi connectivity index (χ1) is 14.2. The van der Waals surface area contributed by atoms with Gasteiger partial charge in [-0.3, -0.25) is 14.5 Å². The molecular weight excluding hydrogens is 406 g/mol. The molecule has 3 aliphatic heterocycles. The van der Waals surface area contributed by atoms with E-state index < -0.39 is 0 Å². The molecule has 8 heteroatoms. The molecule has 0 aromatic heterocycles. The highest BCUT2D eigenvalue weighted by molar-refractivity contribution is 5.98. The van der Waals surface area contributed by atoms with Gasteiger partial charge in [-0.15, -0.1) is 12.4 Å². The topological polar surface area (TPSA) is 71.1 Å². The number of carbonyl (C=O) groups is 2. The fourth-order valence-electron chi connectivity index (χ4n) is 4.11. The quantitative estimate of drug-likeness (QED) is 0.812. The Hall–Kier alpha value is -2.77. The summed E-state index contributed by atoms with van der Waals surface area (Å²) in [5.41, 5.74) is 3.75. The zero-order valence-electron chi connectivity index (χ0n) is 16.6. The van der Waals surface area contributed by atoms with E-state index in [0.29, 0.717) is 31.5 Å². The van der Waals surface area contributed by atoms with Gasteiger partial charge in [0.2, 0.25) is 12.7 Å². The average molecular weight is 430 g/mol. The zero-order chi connectivity index (χ0) is 19.8. The van der Waals surface area contributed by atoms with Crippen molar-refractivity contribution in [3.05, 3.63) is 53.1 Å². The highest BCUT2D eigenvalue weighted by Crippen LogP contribution is 2.33. The molecule has 5 rings (SSSR count). The van der Waals surface area contributed by atoms with Gasteiger partial charge >= 0.3 is 0 Å². The molecule has 0 radical (unpaired) electrons. The Balaban J connectivity index is 0.00000218. The number of nitrogens with zero attached hydrogens (tertiary/aromatic N) is 2. The van der Waals surface area contributed by atoms with Crippen molar-refractivity contribution in [3.63, 3.8) is 0 Å². The largest absolute Gasteiger partial charge is 0.454 e. The second-order valence-electron chi connectivity index (χ2n) is 7.68. The number of amides is 2. The summed E-state index contributed by atoms with van der Waals surface area (Å²) in [5.74, 6) is 1.70. The Morgan fingerprint density at radius 2 is 1.77 bits per heavy atom. The van der Waals surface area contributed by atoms with Gasteiger partial charge in [0, 0.05) is 50.4 Å². The number of anilines is 1. The van der Waals surface area contributed by atoms with Gasteiger partial charge in [0.25, 0.3) is 5.91 Å². The predicted octanol–water partition coefficient (Wildman–Crippen LogP) is 2.68. The van der Waals surface area contributed by atoms with Crippen molar-refractivity contribution in [2.45, 2.75) is 19.4 Å². The van der Waals surface area contributed by atoms with E-state index in [1.54, 1.807) is 0 Å². The Kier molecular flexibility index (Phi) is 5.83. The van der Waals surface area contributed by atoms with Crippen LogP contribution in [-0.4, -0.2) is 54.6 Å². The highest BCUT2D eigenvalue weighted by atomic mass is 35.5. The lowest BCUT2D eigenvalue weighted by atomic mass is 10.00. The van der Waals surface area contributed by atoms with Crippen LogP contribution >= 0.6 is 12.4 Å². The molecule has 2 aromatic rings. The van der Waals surface area contributed by atoms with Crippen LogP contribution in [0.5, 0.6) is 11.5 Å². The normalized spacial score (nSPS) is 17.7. The van der Waals surface area contributed by atoms with Crippen LogP contribution < -0.4 is 14.8 Å². The van der Waals surface area contributed by atoms with Crippen molar-refractivity contribution in [1.29, 1.82) is 0 Å². The minimum Gasteiger partial charge on any atom is -0.454 e. The molecule has 1 saturated heterocycles. The monoisotopic (exact) mass is 429 g/mol. The van der Waals surface area contributed by atoms with Crippen molar-refractivity contribution < 1.29 is 19.1 Å². The van der Waals surface area contributed by atoms with Crippen LogP contribution in [0.4, 0.5) is 5.69 Å². The third kappa shape index (κ3) is 4.08. The molecule has 2 amide bonds. The van der Waals surface area contributed by atoms with Crippen LogP contribution in [0.3, 0.4) is 0 Å². The van der Waals surface area contributed by atoms with E-state index in [4.69, 9.17) is 9.47 Å². The number of ether oxygens (including phenoxy) is 2. The minimum atomic E-state index is 0. The van der Waals surface area contributed by atoms with Gasteiger partial charge in [0.15, 0.2) is 11.5 Å². The molecule has 0 bridgehead atoms. The second kappa shape index (κ2) is 8.53. The number of nitrogens with one attached hydrogen (secondary N) is 1. The van der Waals surface area contributed by atoms with Gasteiger partial charge in [0.05, 0.1) is 0 Å². The van der Waals surface area contributed by atoms with Crippen molar-refractivity contribution in [3.8, 4) is 11.5 Å². The molecular formula is C22H24ClN3O4. The number of fused-ring (bicyclic) bond motifs is 2. The molecule has 0 spiro atoms. The summed E-state index contributed by atoms with van der Waals surface area (Å²) in [4.78, 5) is 28.7. The molecule has 0 aliphatic carbocycles. The fourth-order valence-corrected chi connectivity index (χ4v) is 4.11. The van der Waals surface area contributed by atoms with Crippen molar-refractivity contribution in [2.75, 3.05) is 38.3 Å². The lowest BCUT2D eigenvalue weighted by Crippen LogP contribution is -2.48. The van der Waals surface area contributed by atoms with Crippen LogP contribution in [0, 0.1) is 0 Å². The SMILES string of the molecule is Cl.O=C1CCc2cc(C(=O)N3CCN(Cc4ccc5c(c4)OCO5)CC3)ccc2N1. The number of hydrogen-bond acceptors (Lipinski definition) is 5. The van der Waals surface area contributed by atoms with E-state index >= 15 is 0 Å². The smallest absolute Gasteiger partial charge is 0.253 e. The second-order valence-corrected chi connectivity index (χ2v) is 7.68. The number of piperazine rings is 1. The summed E-state index contributed by atoms with van der Waals surface area (Å²) in [5, 5.41) is 2.86. The van der Waals surface area contributed by atoms with Crippen molar-refractivity contribution >= 4 is 29.9 Å². The summed E-state index contributed by atoms with van der Waals surface area (Å²) in [6, 6.07) is 11.6. The minimum absolute atomic E-state index is 0. The maximum atomic E-state index is 12.9. The molecule has 0 unspecified atom stereocenters. The first kappa shape index (κ1) is 20.5.